The van der Waals surface area contributed by atoms with Gasteiger partial charge in [0.2, 0.25) is 5.91 Å². The van der Waals surface area contributed by atoms with Gasteiger partial charge >= 0.3 is 0 Å². The molecule has 3 rings (SSSR count). The van der Waals surface area contributed by atoms with E-state index in [9.17, 15) is 4.79 Å². The van der Waals surface area contributed by atoms with Gasteiger partial charge in [0.1, 0.15) is 5.60 Å². The molecule has 2 aromatic rings. The summed E-state index contributed by atoms with van der Waals surface area (Å²) in [5, 5.41) is 0. The van der Waals surface area contributed by atoms with E-state index in [0.717, 1.165) is 19.3 Å². The van der Waals surface area contributed by atoms with E-state index < -0.39 is 5.60 Å². The summed E-state index contributed by atoms with van der Waals surface area (Å²) in [4.78, 5) is 13.5. The summed E-state index contributed by atoms with van der Waals surface area (Å²) < 4.78 is 6.50. The Hall–Kier alpha value is -2.13. The number of amides is 1. The highest BCUT2D eigenvalue weighted by Crippen LogP contribution is 2.43. The van der Waals surface area contributed by atoms with Crippen LogP contribution in [0, 0.1) is 0 Å². The summed E-state index contributed by atoms with van der Waals surface area (Å²) in [6.45, 7) is 4.96. The average Bonchev–Trinajstić information content (AvgIpc) is 2.76. The number of hydrogen-bond donors (Lipinski definition) is 0. The van der Waals surface area contributed by atoms with E-state index in [0.29, 0.717) is 13.2 Å². The van der Waals surface area contributed by atoms with Crippen molar-refractivity contribution in [2.45, 2.75) is 38.7 Å². The average molecular weight is 337 g/mol. The molecule has 0 atom stereocenters. The Bertz CT molecular complexity index is 706. The van der Waals surface area contributed by atoms with Crippen molar-refractivity contribution in [3.05, 3.63) is 70.8 Å². The maximum atomic E-state index is 11.7. The fourth-order valence-electron chi connectivity index (χ4n) is 3.90. The van der Waals surface area contributed by atoms with Crippen LogP contribution in [0.5, 0.6) is 0 Å². The third-order valence-electron chi connectivity index (χ3n) is 5.30. The maximum Gasteiger partial charge on any atom is 0.219 e. The molecule has 0 aliphatic heterocycles. The van der Waals surface area contributed by atoms with Gasteiger partial charge in [0.25, 0.3) is 0 Å². The molecule has 0 unspecified atom stereocenters. The van der Waals surface area contributed by atoms with Crippen molar-refractivity contribution in [2.75, 3.05) is 20.2 Å². The predicted octanol–water partition coefficient (Wildman–Crippen LogP) is 3.93. The molecule has 1 amide bonds. The molecule has 0 bridgehead atoms. The molecule has 3 heteroatoms. The Labute approximate surface area is 150 Å². The van der Waals surface area contributed by atoms with Crippen molar-refractivity contribution in [1.82, 2.24) is 4.90 Å². The third-order valence-corrected chi connectivity index (χ3v) is 5.30. The van der Waals surface area contributed by atoms with Crippen molar-refractivity contribution >= 4 is 5.91 Å². The standard InChI is InChI=1S/C22H27NO2/c1-4-25-22(15-16-23(3)17(2)24)20-11-7-5-9-18(20)13-14-19-10-6-8-12-21(19)22/h5-12H,4,13-16H2,1-3H3. The van der Waals surface area contributed by atoms with Gasteiger partial charge < -0.3 is 9.64 Å². The number of fused-ring (bicyclic) bond motifs is 2. The number of rotatable bonds is 5. The third kappa shape index (κ3) is 3.34. The number of carbonyl (C=O) groups excluding carboxylic acids is 1. The summed E-state index contributed by atoms with van der Waals surface area (Å²) in [6, 6.07) is 17.2. The van der Waals surface area contributed by atoms with Crippen LogP contribution in [0.1, 0.15) is 42.5 Å². The van der Waals surface area contributed by atoms with E-state index >= 15 is 0 Å². The Morgan fingerprint density at radius 3 is 2.04 bits per heavy atom. The molecule has 132 valence electrons. The number of carbonyl (C=O) groups is 1. The second-order valence-corrected chi connectivity index (χ2v) is 6.76. The molecular formula is C22H27NO2. The zero-order chi connectivity index (χ0) is 17.9. The lowest BCUT2D eigenvalue weighted by Gasteiger charge is -2.37. The van der Waals surface area contributed by atoms with Crippen LogP contribution in [0.2, 0.25) is 0 Å². The molecule has 1 aliphatic carbocycles. The summed E-state index contributed by atoms with van der Waals surface area (Å²) in [5.74, 6) is 0.0850. The minimum Gasteiger partial charge on any atom is -0.366 e. The van der Waals surface area contributed by atoms with Crippen LogP contribution in [-0.4, -0.2) is 31.0 Å². The van der Waals surface area contributed by atoms with E-state index in [1.54, 1.807) is 11.8 Å². The lowest BCUT2D eigenvalue weighted by atomic mass is 9.80. The van der Waals surface area contributed by atoms with Crippen molar-refractivity contribution in [1.29, 1.82) is 0 Å². The molecule has 2 aromatic carbocycles. The maximum absolute atomic E-state index is 11.7. The first-order chi connectivity index (χ1) is 12.1. The Morgan fingerprint density at radius 1 is 1.04 bits per heavy atom. The van der Waals surface area contributed by atoms with E-state index in [1.165, 1.54) is 22.3 Å². The van der Waals surface area contributed by atoms with Gasteiger partial charge in [0, 0.05) is 33.5 Å². The van der Waals surface area contributed by atoms with Gasteiger partial charge in [-0.3, -0.25) is 4.79 Å². The number of nitrogens with zero attached hydrogens (tertiary/aromatic N) is 1. The SMILES string of the molecule is CCOC1(CCN(C)C(C)=O)c2ccccc2CCc2ccccc21. The largest absolute Gasteiger partial charge is 0.366 e. The lowest BCUT2D eigenvalue weighted by Crippen LogP contribution is -2.37. The van der Waals surface area contributed by atoms with Gasteiger partial charge in [-0.2, -0.15) is 0 Å². The molecular weight excluding hydrogens is 310 g/mol. The van der Waals surface area contributed by atoms with Gasteiger partial charge in [-0.1, -0.05) is 48.5 Å². The number of ether oxygens (including phenoxy) is 1. The highest BCUT2D eigenvalue weighted by atomic mass is 16.5. The molecule has 0 radical (unpaired) electrons. The van der Waals surface area contributed by atoms with Crippen molar-refractivity contribution in [3.8, 4) is 0 Å². The first-order valence-electron chi connectivity index (χ1n) is 9.11. The molecule has 1 aliphatic rings. The normalized spacial score (nSPS) is 15.0. The first-order valence-corrected chi connectivity index (χ1v) is 9.11. The highest BCUT2D eigenvalue weighted by molar-refractivity contribution is 5.72. The molecule has 0 fully saturated rings. The summed E-state index contributed by atoms with van der Waals surface area (Å²) in [6.07, 6.45) is 2.79. The Morgan fingerprint density at radius 2 is 1.56 bits per heavy atom. The lowest BCUT2D eigenvalue weighted by molar-refractivity contribution is -0.128. The van der Waals surface area contributed by atoms with Gasteiger partial charge in [-0.15, -0.1) is 0 Å². The summed E-state index contributed by atoms with van der Waals surface area (Å²) >= 11 is 0. The summed E-state index contributed by atoms with van der Waals surface area (Å²) in [7, 11) is 1.86. The van der Waals surface area contributed by atoms with Crippen LogP contribution in [0.3, 0.4) is 0 Å². The van der Waals surface area contributed by atoms with Gasteiger partial charge in [0.05, 0.1) is 0 Å². The van der Waals surface area contributed by atoms with Crippen molar-refractivity contribution in [2.24, 2.45) is 0 Å². The van der Waals surface area contributed by atoms with E-state index in [1.807, 2.05) is 14.0 Å². The molecule has 0 heterocycles. The van der Waals surface area contributed by atoms with E-state index in [-0.39, 0.29) is 5.91 Å². The van der Waals surface area contributed by atoms with Crippen LogP contribution in [0.25, 0.3) is 0 Å². The second kappa shape index (κ2) is 7.40. The van der Waals surface area contributed by atoms with Crippen molar-refractivity contribution < 1.29 is 9.53 Å². The summed E-state index contributed by atoms with van der Waals surface area (Å²) in [5.41, 5.74) is 4.69. The monoisotopic (exact) mass is 337 g/mol. The molecule has 0 spiro atoms. The predicted molar refractivity (Wildman–Crippen MR) is 101 cm³/mol. The van der Waals surface area contributed by atoms with Crippen LogP contribution < -0.4 is 0 Å². The molecule has 0 saturated heterocycles. The zero-order valence-electron chi connectivity index (χ0n) is 15.4. The molecule has 0 aromatic heterocycles. The number of benzene rings is 2. The smallest absolute Gasteiger partial charge is 0.219 e. The van der Waals surface area contributed by atoms with Crippen molar-refractivity contribution in [3.63, 3.8) is 0 Å². The Kier molecular flexibility index (Phi) is 5.24. The fourth-order valence-corrected chi connectivity index (χ4v) is 3.90. The molecule has 3 nitrogen and oxygen atoms in total. The topological polar surface area (TPSA) is 29.5 Å². The Balaban J connectivity index is 2.15. The first kappa shape index (κ1) is 17.7. The van der Waals surface area contributed by atoms with Crippen LogP contribution in [0.4, 0.5) is 0 Å². The number of aryl methyl sites for hydroxylation is 2. The van der Waals surface area contributed by atoms with E-state index in [4.69, 9.17) is 4.74 Å². The quantitative estimate of drug-likeness (QED) is 0.827. The second-order valence-electron chi connectivity index (χ2n) is 6.76. The van der Waals surface area contributed by atoms with E-state index in [2.05, 4.69) is 48.5 Å². The fraction of sp³-hybridized carbons (Fsp3) is 0.409. The zero-order valence-corrected chi connectivity index (χ0v) is 15.4. The van der Waals surface area contributed by atoms with Gasteiger partial charge in [-0.05, 0) is 42.0 Å². The van der Waals surface area contributed by atoms with Crippen LogP contribution >= 0.6 is 0 Å². The van der Waals surface area contributed by atoms with Gasteiger partial charge in [-0.25, -0.2) is 0 Å². The highest BCUT2D eigenvalue weighted by Gasteiger charge is 2.39. The van der Waals surface area contributed by atoms with Crippen LogP contribution in [-0.2, 0) is 28.0 Å². The minimum absolute atomic E-state index is 0.0850. The van der Waals surface area contributed by atoms with Gasteiger partial charge in [0.15, 0.2) is 0 Å². The van der Waals surface area contributed by atoms with Crippen LogP contribution in [0.15, 0.2) is 48.5 Å². The minimum atomic E-state index is -0.498. The molecule has 0 saturated carbocycles. The number of hydrogen-bond acceptors (Lipinski definition) is 2. The molecule has 0 N–H and O–H groups in total. The molecule has 25 heavy (non-hydrogen) atoms.